The molecular weight excluding hydrogens is 284 g/mol. The molecule has 116 valence electrons. The third-order valence-electron chi connectivity index (χ3n) is 3.81. The van der Waals surface area contributed by atoms with E-state index in [0.29, 0.717) is 24.3 Å². The Kier molecular flexibility index (Phi) is 3.70. The summed E-state index contributed by atoms with van der Waals surface area (Å²) in [5.74, 6) is 1.92. The van der Waals surface area contributed by atoms with E-state index in [2.05, 4.69) is 10.1 Å². The molecule has 2 atom stereocenters. The molecule has 2 heterocycles. The number of ether oxygens (including phenoxy) is 2. The number of nitrogens with two attached hydrogens (primary N) is 1. The Morgan fingerprint density at radius 2 is 2.27 bits per heavy atom. The molecule has 1 saturated carbocycles. The van der Waals surface area contributed by atoms with E-state index in [1.165, 1.54) is 10.7 Å². The van der Waals surface area contributed by atoms with Gasteiger partial charge in [0.1, 0.15) is 11.4 Å². The number of hydrogen-bond acceptors (Lipinski definition) is 6. The summed E-state index contributed by atoms with van der Waals surface area (Å²) in [6.45, 7) is 0.531. The van der Waals surface area contributed by atoms with Gasteiger partial charge in [-0.15, -0.1) is 5.10 Å². The third kappa shape index (κ3) is 2.88. The number of rotatable bonds is 5. The molecular formula is C15H18N4O3. The Morgan fingerprint density at radius 1 is 1.45 bits per heavy atom. The zero-order valence-electron chi connectivity index (χ0n) is 12.5. The van der Waals surface area contributed by atoms with Gasteiger partial charge in [0.15, 0.2) is 0 Å². The number of pyridine rings is 1. The first kappa shape index (κ1) is 14.4. The molecule has 0 saturated heterocycles. The quantitative estimate of drug-likeness (QED) is 0.884. The number of aryl methyl sites for hydroxylation is 1. The molecule has 1 aliphatic carbocycles. The van der Waals surface area contributed by atoms with Crippen molar-refractivity contribution < 1.29 is 9.47 Å². The Bertz CT molecular complexity index is 700. The monoisotopic (exact) mass is 302 g/mol. The van der Waals surface area contributed by atoms with Crippen LogP contribution < -0.4 is 20.8 Å². The van der Waals surface area contributed by atoms with Gasteiger partial charge in [0.2, 0.25) is 5.88 Å². The molecule has 2 aromatic rings. The van der Waals surface area contributed by atoms with E-state index in [-0.39, 0.29) is 11.2 Å². The molecule has 0 aliphatic heterocycles. The van der Waals surface area contributed by atoms with Gasteiger partial charge in [0.25, 0.3) is 5.56 Å². The third-order valence-corrected chi connectivity index (χ3v) is 3.81. The summed E-state index contributed by atoms with van der Waals surface area (Å²) in [5, 5.41) is 4.02. The first-order chi connectivity index (χ1) is 10.6. The molecule has 0 aromatic carbocycles. The van der Waals surface area contributed by atoms with Crippen LogP contribution in [0.2, 0.25) is 0 Å². The predicted molar refractivity (Wildman–Crippen MR) is 81.0 cm³/mol. The number of nitrogens with zero attached hydrogens (tertiary/aromatic N) is 3. The highest BCUT2D eigenvalue weighted by atomic mass is 16.5. The molecule has 0 bridgehead atoms. The molecule has 2 N–H and O–H groups in total. The van der Waals surface area contributed by atoms with Gasteiger partial charge in [0.05, 0.1) is 19.9 Å². The zero-order valence-corrected chi connectivity index (χ0v) is 12.5. The highest BCUT2D eigenvalue weighted by Crippen LogP contribution is 2.46. The largest absolute Gasteiger partial charge is 0.495 e. The van der Waals surface area contributed by atoms with E-state index < -0.39 is 0 Å². The highest BCUT2D eigenvalue weighted by molar-refractivity contribution is 5.37. The van der Waals surface area contributed by atoms with Crippen LogP contribution in [0.1, 0.15) is 18.0 Å². The summed E-state index contributed by atoms with van der Waals surface area (Å²) in [6, 6.07) is 5.35. The van der Waals surface area contributed by atoms with Gasteiger partial charge in [-0.05, 0) is 18.6 Å². The summed E-state index contributed by atoms with van der Waals surface area (Å²) >= 11 is 0. The smallest absolute Gasteiger partial charge is 0.289 e. The second-order valence-electron chi connectivity index (χ2n) is 5.40. The summed E-state index contributed by atoms with van der Waals surface area (Å²) < 4.78 is 11.9. The van der Waals surface area contributed by atoms with Crippen LogP contribution in [0.25, 0.3) is 0 Å². The second-order valence-corrected chi connectivity index (χ2v) is 5.40. The lowest BCUT2D eigenvalue weighted by Crippen LogP contribution is -2.23. The van der Waals surface area contributed by atoms with E-state index in [1.54, 1.807) is 20.4 Å². The summed E-state index contributed by atoms with van der Waals surface area (Å²) in [7, 11) is 3.17. The zero-order chi connectivity index (χ0) is 15.7. The number of methoxy groups -OCH3 is 1. The molecule has 1 fully saturated rings. The van der Waals surface area contributed by atoms with Crippen LogP contribution in [0.5, 0.6) is 11.6 Å². The Hall–Kier alpha value is -2.57. The fourth-order valence-corrected chi connectivity index (χ4v) is 2.39. The van der Waals surface area contributed by atoms with Crippen LogP contribution in [0.15, 0.2) is 29.2 Å². The Morgan fingerprint density at radius 3 is 2.91 bits per heavy atom. The minimum Gasteiger partial charge on any atom is -0.495 e. The molecule has 22 heavy (non-hydrogen) atoms. The van der Waals surface area contributed by atoms with E-state index in [1.807, 2.05) is 12.1 Å². The normalized spacial score (nSPS) is 19.7. The first-order valence-corrected chi connectivity index (χ1v) is 7.05. The number of nitrogen functional groups attached to an aromatic ring is 1. The van der Waals surface area contributed by atoms with Gasteiger partial charge >= 0.3 is 0 Å². The lowest BCUT2D eigenvalue weighted by Gasteiger charge is -2.07. The van der Waals surface area contributed by atoms with Crippen molar-refractivity contribution in [3.05, 3.63) is 40.4 Å². The fourth-order valence-electron chi connectivity index (χ4n) is 2.39. The maximum Gasteiger partial charge on any atom is 0.289 e. The van der Waals surface area contributed by atoms with Gasteiger partial charge in [-0.3, -0.25) is 9.78 Å². The summed E-state index contributed by atoms with van der Waals surface area (Å²) in [6.07, 6.45) is 2.75. The van der Waals surface area contributed by atoms with Crippen molar-refractivity contribution in [2.75, 3.05) is 19.5 Å². The van der Waals surface area contributed by atoms with Crippen LogP contribution in [0, 0.1) is 5.92 Å². The van der Waals surface area contributed by atoms with Gasteiger partial charge in [-0.2, -0.15) is 0 Å². The number of hydrogen-bond donors (Lipinski definition) is 1. The first-order valence-electron chi connectivity index (χ1n) is 7.05. The molecule has 7 nitrogen and oxygen atoms in total. The summed E-state index contributed by atoms with van der Waals surface area (Å²) in [4.78, 5) is 15.9. The van der Waals surface area contributed by atoms with Crippen LogP contribution in [0.4, 0.5) is 5.69 Å². The number of anilines is 1. The maximum atomic E-state index is 11.5. The van der Waals surface area contributed by atoms with Crippen LogP contribution in [-0.2, 0) is 7.05 Å². The van der Waals surface area contributed by atoms with E-state index in [0.717, 1.165) is 17.9 Å². The average Bonchev–Trinajstić information content (AvgIpc) is 3.30. The lowest BCUT2D eigenvalue weighted by molar-refractivity contribution is 0.278. The molecule has 2 unspecified atom stereocenters. The van der Waals surface area contributed by atoms with Crippen molar-refractivity contribution in [2.45, 2.75) is 12.3 Å². The molecule has 3 rings (SSSR count). The van der Waals surface area contributed by atoms with Gasteiger partial charge in [-0.25, -0.2) is 4.68 Å². The van der Waals surface area contributed by atoms with E-state index in [4.69, 9.17) is 15.2 Å². The van der Waals surface area contributed by atoms with Crippen LogP contribution in [-0.4, -0.2) is 28.5 Å². The van der Waals surface area contributed by atoms with Crippen molar-refractivity contribution in [2.24, 2.45) is 13.0 Å². The van der Waals surface area contributed by atoms with Crippen molar-refractivity contribution in [3.63, 3.8) is 0 Å². The Labute approximate surface area is 127 Å². The van der Waals surface area contributed by atoms with Crippen LogP contribution in [0.3, 0.4) is 0 Å². The molecule has 0 radical (unpaired) electrons. The molecule has 7 heteroatoms. The van der Waals surface area contributed by atoms with Crippen LogP contribution >= 0.6 is 0 Å². The standard InChI is InChI=1S/C15H18N4O3/c1-19-15(20)12(16)6-14(18-19)22-8-9-5-11(9)13-4-3-10(21-2)7-17-13/h3-4,6-7,9,11H,5,8,16H2,1-2H3. The predicted octanol–water partition coefficient (Wildman–Crippen LogP) is 0.949. The Balaban J connectivity index is 1.58. The minimum atomic E-state index is -0.320. The molecule has 0 amide bonds. The molecule has 2 aromatic heterocycles. The fraction of sp³-hybridized carbons (Fsp3) is 0.400. The number of aromatic nitrogens is 3. The van der Waals surface area contributed by atoms with E-state index >= 15 is 0 Å². The van der Waals surface area contributed by atoms with Gasteiger partial charge in [-0.1, -0.05) is 0 Å². The van der Waals surface area contributed by atoms with Crippen molar-refractivity contribution >= 4 is 5.69 Å². The van der Waals surface area contributed by atoms with Crippen molar-refractivity contribution in [1.29, 1.82) is 0 Å². The van der Waals surface area contributed by atoms with Crippen molar-refractivity contribution in [3.8, 4) is 11.6 Å². The topological polar surface area (TPSA) is 92.3 Å². The van der Waals surface area contributed by atoms with Gasteiger partial charge < -0.3 is 15.2 Å². The summed E-state index contributed by atoms with van der Waals surface area (Å²) in [5.41, 5.74) is 6.47. The van der Waals surface area contributed by atoms with E-state index in [9.17, 15) is 4.79 Å². The maximum absolute atomic E-state index is 11.5. The van der Waals surface area contributed by atoms with Gasteiger partial charge in [0, 0.05) is 30.6 Å². The highest BCUT2D eigenvalue weighted by Gasteiger charge is 2.40. The SMILES string of the molecule is COc1ccc(C2CC2COc2cc(N)c(=O)n(C)n2)nc1. The lowest BCUT2D eigenvalue weighted by atomic mass is 10.2. The average molecular weight is 302 g/mol. The molecule has 0 spiro atoms. The second kappa shape index (κ2) is 5.67. The molecule has 1 aliphatic rings. The van der Waals surface area contributed by atoms with Crippen molar-refractivity contribution in [1.82, 2.24) is 14.8 Å². The minimum absolute atomic E-state index is 0.136.